The van der Waals surface area contributed by atoms with Crippen LogP contribution in [-0.4, -0.2) is 19.7 Å². The minimum absolute atomic E-state index is 0.0207. The zero-order valence-electron chi connectivity index (χ0n) is 19.7. The van der Waals surface area contributed by atoms with Crippen LogP contribution in [0.1, 0.15) is 44.1 Å². The summed E-state index contributed by atoms with van der Waals surface area (Å²) >= 11 is 0. The second-order valence-corrected chi connectivity index (χ2v) is 8.55. The van der Waals surface area contributed by atoms with Crippen LogP contribution in [0.25, 0.3) is 11.1 Å². The molecule has 0 amide bonds. The van der Waals surface area contributed by atoms with E-state index in [2.05, 4.69) is 0 Å². The minimum Gasteiger partial charge on any atom is -0.497 e. The van der Waals surface area contributed by atoms with Gasteiger partial charge < -0.3 is 14.2 Å². The summed E-state index contributed by atoms with van der Waals surface area (Å²) in [6, 6.07) is 14.0. The number of hydrogen-bond acceptors (Lipinski definition) is 4. The Bertz CT molecular complexity index is 1190. The number of halogens is 3. The van der Waals surface area contributed by atoms with Gasteiger partial charge in [0.25, 0.3) is 0 Å². The van der Waals surface area contributed by atoms with Gasteiger partial charge in [-0.05, 0) is 80.0 Å². The van der Waals surface area contributed by atoms with Crippen molar-refractivity contribution in [3.05, 3.63) is 77.6 Å². The summed E-state index contributed by atoms with van der Waals surface area (Å²) < 4.78 is 59.6. The molecule has 0 spiro atoms. The zero-order chi connectivity index (χ0) is 24.9. The highest BCUT2D eigenvalue weighted by Crippen LogP contribution is 2.39. The molecule has 4 rings (SSSR count). The van der Waals surface area contributed by atoms with Gasteiger partial charge in [-0.3, -0.25) is 4.79 Å². The van der Waals surface area contributed by atoms with E-state index in [1.54, 1.807) is 36.4 Å². The fraction of sp³-hybridized carbons (Fsp3) is 0.321. The highest BCUT2D eigenvalue weighted by Gasteiger charge is 2.30. The molecule has 7 heteroatoms. The SMILES string of the molecule is CCOc1ccc(C2CCC(C(=O)Oc3ccc(-c4ccc(OC)cc4)c(F)c3F)CC2)c(F)c1. The van der Waals surface area contributed by atoms with Gasteiger partial charge in [0.1, 0.15) is 17.3 Å². The van der Waals surface area contributed by atoms with Crippen LogP contribution >= 0.6 is 0 Å². The quantitative estimate of drug-likeness (QED) is 0.266. The second kappa shape index (κ2) is 10.8. The zero-order valence-corrected chi connectivity index (χ0v) is 19.7. The maximum atomic E-state index is 14.7. The summed E-state index contributed by atoms with van der Waals surface area (Å²) in [4.78, 5) is 12.7. The monoisotopic (exact) mass is 484 g/mol. The minimum atomic E-state index is -1.21. The van der Waals surface area contributed by atoms with Crippen LogP contribution in [0.4, 0.5) is 13.2 Å². The van der Waals surface area contributed by atoms with Crippen molar-refractivity contribution in [3.63, 3.8) is 0 Å². The van der Waals surface area contributed by atoms with E-state index in [4.69, 9.17) is 14.2 Å². The third kappa shape index (κ3) is 5.45. The predicted octanol–water partition coefficient (Wildman–Crippen LogP) is 7.06. The number of carbonyl (C=O) groups excluding carboxylic acids is 1. The number of rotatable bonds is 7. The van der Waals surface area contributed by atoms with Crippen LogP contribution in [0, 0.1) is 23.4 Å². The van der Waals surface area contributed by atoms with E-state index < -0.39 is 29.3 Å². The molecule has 0 unspecified atom stereocenters. The number of esters is 1. The third-order valence-electron chi connectivity index (χ3n) is 6.44. The highest BCUT2D eigenvalue weighted by atomic mass is 19.2. The van der Waals surface area contributed by atoms with Gasteiger partial charge in [0.2, 0.25) is 5.82 Å². The molecule has 0 N–H and O–H groups in total. The smallest absolute Gasteiger partial charge is 0.314 e. The summed E-state index contributed by atoms with van der Waals surface area (Å²) in [5.41, 5.74) is 1.13. The first-order valence-corrected chi connectivity index (χ1v) is 11.7. The molecule has 0 radical (unpaired) electrons. The van der Waals surface area contributed by atoms with E-state index in [0.717, 1.165) is 0 Å². The Hall–Kier alpha value is -3.48. The standard InChI is InChI=1S/C28H27F3O4/c1-3-34-21-12-13-22(24(29)16-21)17-4-6-19(7-5-17)28(32)35-25-15-14-23(26(30)27(25)31)18-8-10-20(33-2)11-9-18/h8-17,19H,3-7H2,1-2H3. The molecule has 1 aliphatic carbocycles. The summed E-state index contributed by atoms with van der Waals surface area (Å²) in [5, 5.41) is 0. The van der Waals surface area contributed by atoms with Crippen molar-refractivity contribution >= 4 is 5.97 Å². The summed E-state index contributed by atoms with van der Waals surface area (Å²) in [7, 11) is 1.52. The molecular weight excluding hydrogens is 457 g/mol. The number of ether oxygens (including phenoxy) is 3. The summed E-state index contributed by atoms with van der Waals surface area (Å²) in [6.07, 6.45) is 2.14. The number of hydrogen-bond donors (Lipinski definition) is 0. The van der Waals surface area contributed by atoms with Gasteiger partial charge in [0, 0.05) is 11.6 Å². The van der Waals surface area contributed by atoms with E-state index >= 15 is 0 Å². The van der Waals surface area contributed by atoms with Crippen LogP contribution in [0.3, 0.4) is 0 Å². The molecule has 0 heterocycles. The molecule has 1 aliphatic rings. The number of methoxy groups -OCH3 is 1. The normalized spacial score (nSPS) is 17.6. The number of benzene rings is 3. The average molecular weight is 485 g/mol. The fourth-order valence-electron chi connectivity index (χ4n) is 4.53. The molecule has 1 fully saturated rings. The molecule has 4 nitrogen and oxygen atoms in total. The van der Waals surface area contributed by atoms with E-state index in [-0.39, 0.29) is 17.3 Å². The Labute approximate surface area is 202 Å². The van der Waals surface area contributed by atoms with Crippen molar-refractivity contribution in [1.29, 1.82) is 0 Å². The molecule has 3 aromatic rings. The Morgan fingerprint density at radius 2 is 1.57 bits per heavy atom. The molecule has 0 aromatic heterocycles. The van der Waals surface area contributed by atoms with Gasteiger partial charge in [-0.1, -0.05) is 18.2 Å². The first-order chi connectivity index (χ1) is 16.9. The second-order valence-electron chi connectivity index (χ2n) is 8.55. The maximum Gasteiger partial charge on any atom is 0.314 e. The first kappa shape index (κ1) is 24.6. The molecule has 0 saturated heterocycles. The highest BCUT2D eigenvalue weighted by molar-refractivity contribution is 5.76. The lowest BCUT2D eigenvalue weighted by Crippen LogP contribution is -2.25. The Morgan fingerprint density at radius 1 is 0.886 bits per heavy atom. The van der Waals surface area contributed by atoms with E-state index in [9.17, 15) is 18.0 Å². The lowest BCUT2D eigenvalue weighted by molar-refractivity contribution is -0.140. The largest absolute Gasteiger partial charge is 0.497 e. The van der Waals surface area contributed by atoms with Crippen LogP contribution in [0.5, 0.6) is 17.2 Å². The van der Waals surface area contributed by atoms with Gasteiger partial charge in [0.05, 0.1) is 19.6 Å². The summed E-state index contributed by atoms with van der Waals surface area (Å²) in [6.45, 7) is 2.29. The van der Waals surface area contributed by atoms with E-state index in [0.29, 0.717) is 54.9 Å². The van der Waals surface area contributed by atoms with E-state index in [1.807, 2.05) is 6.92 Å². The Balaban J connectivity index is 1.39. The van der Waals surface area contributed by atoms with Crippen molar-refractivity contribution < 1.29 is 32.2 Å². The van der Waals surface area contributed by atoms with Crippen LogP contribution < -0.4 is 14.2 Å². The molecule has 0 aliphatic heterocycles. The lowest BCUT2D eigenvalue weighted by atomic mass is 9.78. The van der Waals surface area contributed by atoms with Crippen LogP contribution in [0.2, 0.25) is 0 Å². The average Bonchev–Trinajstić information content (AvgIpc) is 2.87. The number of carbonyl (C=O) groups is 1. The van der Waals surface area contributed by atoms with Crippen molar-refractivity contribution in [1.82, 2.24) is 0 Å². The molecule has 184 valence electrons. The van der Waals surface area contributed by atoms with Crippen molar-refractivity contribution in [2.75, 3.05) is 13.7 Å². The third-order valence-corrected chi connectivity index (χ3v) is 6.44. The van der Waals surface area contributed by atoms with Gasteiger partial charge in [0.15, 0.2) is 11.6 Å². The molecule has 35 heavy (non-hydrogen) atoms. The summed E-state index contributed by atoms with van der Waals surface area (Å²) in [5.74, 6) is -3.06. The van der Waals surface area contributed by atoms with Crippen LogP contribution in [-0.2, 0) is 4.79 Å². The van der Waals surface area contributed by atoms with Gasteiger partial charge in [-0.25, -0.2) is 8.78 Å². The molecule has 0 bridgehead atoms. The Kier molecular flexibility index (Phi) is 7.63. The van der Waals surface area contributed by atoms with Crippen molar-refractivity contribution in [3.8, 4) is 28.4 Å². The van der Waals surface area contributed by atoms with Crippen LogP contribution in [0.15, 0.2) is 54.6 Å². The van der Waals surface area contributed by atoms with Gasteiger partial charge in [-0.15, -0.1) is 0 Å². The molecule has 0 atom stereocenters. The molecule has 3 aromatic carbocycles. The van der Waals surface area contributed by atoms with E-state index in [1.165, 1.54) is 25.3 Å². The topological polar surface area (TPSA) is 44.8 Å². The van der Waals surface area contributed by atoms with Crippen molar-refractivity contribution in [2.24, 2.45) is 5.92 Å². The maximum absolute atomic E-state index is 14.7. The van der Waals surface area contributed by atoms with Gasteiger partial charge >= 0.3 is 5.97 Å². The van der Waals surface area contributed by atoms with Gasteiger partial charge in [-0.2, -0.15) is 4.39 Å². The molecule has 1 saturated carbocycles. The first-order valence-electron chi connectivity index (χ1n) is 11.7. The lowest BCUT2D eigenvalue weighted by Gasteiger charge is -2.28. The molecular formula is C28H27F3O4. The Morgan fingerprint density at radius 3 is 2.20 bits per heavy atom. The van der Waals surface area contributed by atoms with Crippen molar-refractivity contribution in [2.45, 2.75) is 38.5 Å². The predicted molar refractivity (Wildman–Crippen MR) is 126 cm³/mol. The fourth-order valence-corrected chi connectivity index (χ4v) is 4.53.